The summed E-state index contributed by atoms with van der Waals surface area (Å²) in [5, 5.41) is 4.28. The number of imidazole rings is 1. The molecule has 2 aliphatic rings. The van der Waals surface area contributed by atoms with Crippen molar-refractivity contribution >= 4 is 5.91 Å². The van der Waals surface area contributed by atoms with E-state index in [-0.39, 0.29) is 11.9 Å². The number of hydrogen-bond acceptors (Lipinski definition) is 5. The third kappa shape index (κ3) is 3.71. The number of amides is 1. The number of carbonyl (C=O) groups excluding carboxylic acids is 1. The minimum atomic E-state index is -0.105. The van der Waals surface area contributed by atoms with Gasteiger partial charge in [-0.2, -0.15) is 0 Å². The summed E-state index contributed by atoms with van der Waals surface area (Å²) >= 11 is 0. The molecule has 164 valence electrons. The highest BCUT2D eigenvalue weighted by Gasteiger charge is 2.55. The number of rotatable bonds is 5. The molecule has 32 heavy (non-hydrogen) atoms. The summed E-state index contributed by atoms with van der Waals surface area (Å²) in [5.41, 5.74) is 8.76. The first-order valence-electron chi connectivity index (χ1n) is 11.1. The predicted molar refractivity (Wildman–Crippen MR) is 120 cm³/mol. The first-order chi connectivity index (χ1) is 15.6. The quantitative estimate of drug-likeness (QED) is 0.630. The second-order valence-corrected chi connectivity index (χ2v) is 8.60. The van der Waals surface area contributed by atoms with Crippen LogP contribution in [-0.4, -0.2) is 45.1 Å². The number of nitrogens with zero attached hydrogens (tertiary/aromatic N) is 4. The van der Waals surface area contributed by atoms with Crippen LogP contribution in [0.15, 0.2) is 47.2 Å². The van der Waals surface area contributed by atoms with Crippen LogP contribution < -0.4 is 5.73 Å². The summed E-state index contributed by atoms with van der Waals surface area (Å²) in [6, 6.07) is 9.87. The molecule has 3 heterocycles. The van der Waals surface area contributed by atoms with Gasteiger partial charge in [0, 0.05) is 68.5 Å². The molecule has 1 aliphatic heterocycles. The number of aromatic nitrogens is 3. The highest BCUT2D eigenvalue weighted by molar-refractivity contribution is 5.74. The largest absolute Gasteiger partial charge is 0.356 e. The third-order valence-corrected chi connectivity index (χ3v) is 6.69. The number of aryl methyl sites for hydroxylation is 1. The molecular weight excluding hydrogens is 402 g/mol. The zero-order valence-corrected chi connectivity index (χ0v) is 18.4. The number of carbonyl (C=O) groups is 1. The van der Waals surface area contributed by atoms with Crippen molar-refractivity contribution in [2.45, 2.75) is 26.3 Å². The summed E-state index contributed by atoms with van der Waals surface area (Å²) in [5.74, 6) is 10.1. The Morgan fingerprint density at radius 1 is 1.28 bits per heavy atom. The molecule has 0 radical (unpaired) electrons. The molecule has 5 rings (SSSR count). The smallest absolute Gasteiger partial charge is 0.219 e. The van der Waals surface area contributed by atoms with Crippen LogP contribution in [0.5, 0.6) is 0 Å². The van der Waals surface area contributed by atoms with Crippen molar-refractivity contribution < 1.29 is 9.32 Å². The van der Waals surface area contributed by atoms with Crippen molar-refractivity contribution in [2.24, 2.45) is 23.5 Å². The molecule has 0 bridgehead atoms. The van der Waals surface area contributed by atoms with E-state index in [1.165, 1.54) is 0 Å². The molecule has 1 saturated heterocycles. The standard InChI is InChI=1S/C25H27N5O2/c1-3-25-27-10-11-30(25)23(13-26)22-12-24(32-28-22)18-7-4-17(5-8-18)6-9-19-20-14-29(16(2)31)15-21(19)20/h4-5,7-8,10-12,19-21,23H,3,13-15,26H2,1-2H3/t19-,20-,21+,23-/m1/s1. The van der Waals surface area contributed by atoms with Crippen molar-refractivity contribution in [1.82, 2.24) is 19.6 Å². The van der Waals surface area contributed by atoms with Gasteiger partial charge in [-0.3, -0.25) is 4.79 Å². The number of nitrogens with two attached hydrogens (primary N) is 1. The van der Waals surface area contributed by atoms with Gasteiger partial charge >= 0.3 is 0 Å². The van der Waals surface area contributed by atoms with E-state index in [0.29, 0.717) is 30.1 Å². The normalized spacial score (nSPS) is 22.2. The first-order valence-corrected chi connectivity index (χ1v) is 11.1. The first kappa shape index (κ1) is 20.5. The summed E-state index contributed by atoms with van der Waals surface area (Å²) in [7, 11) is 0. The average molecular weight is 430 g/mol. The maximum Gasteiger partial charge on any atom is 0.219 e. The van der Waals surface area contributed by atoms with Gasteiger partial charge in [-0.05, 0) is 36.1 Å². The van der Waals surface area contributed by atoms with E-state index in [1.807, 2.05) is 41.4 Å². The topological polar surface area (TPSA) is 90.2 Å². The SMILES string of the molecule is CCc1nccn1[C@H](CN)c1cc(-c2ccc(C#C[C@@H]3[C@H]4CN(C(C)=O)C[C@@H]34)cc2)on1. The number of piperidine rings is 1. The minimum absolute atomic E-state index is 0.105. The second kappa shape index (κ2) is 8.29. The predicted octanol–water partition coefficient (Wildman–Crippen LogP) is 2.72. The lowest BCUT2D eigenvalue weighted by atomic mass is 10.1. The van der Waals surface area contributed by atoms with Crippen LogP contribution in [0.2, 0.25) is 0 Å². The van der Waals surface area contributed by atoms with Crippen molar-refractivity contribution in [1.29, 1.82) is 0 Å². The second-order valence-electron chi connectivity index (χ2n) is 8.60. The molecule has 2 fully saturated rings. The van der Waals surface area contributed by atoms with Gasteiger partial charge in [-0.15, -0.1) is 0 Å². The van der Waals surface area contributed by atoms with Crippen LogP contribution in [0.3, 0.4) is 0 Å². The van der Waals surface area contributed by atoms with E-state index < -0.39 is 0 Å². The van der Waals surface area contributed by atoms with Crippen LogP contribution in [0.4, 0.5) is 0 Å². The van der Waals surface area contributed by atoms with Gasteiger partial charge in [0.05, 0.1) is 6.04 Å². The summed E-state index contributed by atoms with van der Waals surface area (Å²) in [6.07, 6.45) is 4.55. The van der Waals surface area contributed by atoms with Crippen LogP contribution in [0.25, 0.3) is 11.3 Å². The molecule has 0 spiro atoms. The molecule has 7 heteroatoms. The van der Waals surface area contributed by atoms with Crippen molar-refractivity contribution in [2.75, 3.05) is 19.6 Å². The van der Waals surface area contributed by atoms with E-state index in [2.05, 4.69) is 33.5 Å². The van der Waals surface area contributed by atoms with E-state index >= 15 is 0 Å². The Labute approximate surface area is 187 Å². The Morgan fingerprint density at radius 3 is 2.69 bits per heavy atom. The van der Waals surface area contributed by atoms with Gasteiger partial charge in [0.25, 0.3) is 0 Å². The average Bonchev–Trinajstić information content (AvgIpc) is 3.31. The lowest BCUT2D eigenvalue weighted by molar-refractivity contribution is -0.128. The Kier molecular flexibility index (Phi) is 5.32. The third-order valence-electron chi connectivity index (χ3n) is 6.69. The fourth-order valence-electron chi connectivity index (χ4n) is 4.74. The maximum absolute atomic E-state index is 11.5. The van der Waals surface area contributed by atoms with Gasteiger partial charge < -0.3 is 19.7 Å². The highest BCUT2D eigenvalue weighted by atomic mass is 16.5. The Morgan fingerprint density at radius 2 is 2.03 bits per heavy atom. The Hall–Kier alpha value is -3.37. The number of likely N-dealkylation sites (tertiary alicyclic amines) is 1. The molecule has 1 aromatic carbocycles. The lowest BCUT2D eigenvalue weighted by Crippen LogP contribution is -2.28. The Balaban J connectivity index is 1.26. The van der Waals surface area contributed by atoms with Crippen LogP contribution in [-0.2, 0) is 11.2 Å². The molecule has 3 aromatic rings. The molecule has 0 unspecified atom stereocenters. The molecule has 1 aliphatic carbocycles. The fraction of sp³-hybridized carbons (Fsp3) is 0.400. The van der Waals surface area contributed by atoms with Gasteiger partial charge in [0.15, 0.2) is 5.76 Å². The molecule has 2 N–H and O–H groups in total. The molecule has 1 saturated carbocycles. The summed E-state index contributed by atoms with van der Waals surface area (Å²) in [6.45, 7) is 5.84. The lowest BCUT2D eigenvalue weighted by Gasteiger charge is -2.15. The van der Waals surface area contributed by atoms with E-state index in [9.17, 15) is 4.79 Å². The van der Waals surface area contributed by atoms with Crippen molar-refractivity contribution in [3.8, 4) is 23.2 Å². The van der Waals surface area contributed by atoms with Gasteiger partial charge in [-0.25, -0.2) is 4.98 Å². The summed E-state index contributed by atoms with van der Waals surface area (Å²) in [4.78, 5) is 17.8. The Bertz CT molecular complexity index is 1170. The van der Waals surface area contributed by atoms with E-state index in [1.54, 1.807) is 13.1 Å². The maximum atomic E-state index is 11.5. The number of fused-ring (bicyclic) bond motifs is 1. The highest BCUT2D eigenvalue weighted by Crippen LogP contribution is 2.51. The zero-order chi connectivity index (χ0) is 22.2. The van der Waals surface area contributed by atoms with Gasteiger partial charge in [0.2, 0.25) is 5.91 Å². The number of hydrogen-bond donors (Lipinski definition) is 1. The van der Waals surface area contributed by atoms with Crippen molar-refractivity contribution in [3.05, 3.63) is 59.8 Å². The summed E-state index contributed by atoms with van der Waals surface area (Å²) < 4.78 is 7.68. The fourth-order valence-corrected chi connectivity index (χ4v) is 4.74. The van der Waals surface area contributed by atoms with Gasteiger partial charge in [-0.1, -0.05) is 23.9 Å². The molecule has 2 aromatic heterocycles. The molecule has 7 nitrogen and oxygen atoms in total. The van der Waals surface area contributed by atoms with Crippen LogP contribution in [0.1, 0.15) is 37.0 Å². The minimum Gasteiger partial charge on any atom is -0.356 e. The van der Waals surface area contributed by atoms with E-state index in [0.717, 1.165) is 42.2 Å². The van der Waals surface area contributed by atoms with Crippen LogP contribution >= 0.6 is 0 Å². The molecule has 4 atom stereocenters. The van der Waals surface area contributed by atoms with E-state index in [4.69, 9.17) is 10.3 Å². The number of benzene rings is 1. The van der Waals surface area contributed by atoms with Crippen LogP contribution in [0, 0.1) is 29.6 Å². The van der Waals surface area contributed by atoms with Gasteiger partial charge in [0.1, 0.15) is 11.5 Å². The molecule has 1 amide bonds. The molecular formula is C25H27N5O2. The zero-order valence-electron chi connectivity index (χ0n) is 18.4. The monoisotopic (exact) mass is 429 g/mol. The van der Waals surface area contributed by atoms with Crippen molar-refractivity contribution in [3.63, 3.8) is 0 Å².